The van der Waals surface area contributed by atoms with E-state index in [1.54, 1.807) is 0 Å². The van der Waals surface area contributed by atoms with Gasteiger partial charge in [-0.25, -0.2) is 17.6 Å². The molecule has 1 aliphatic carbocycles. The van der Waals surface area contributed by atoms with Gasteiger partial charge in [-0.3, -0.25) is 10.3 Å². The summed E-state index contributed by atoms with van der Waals surface area (Å²) in [6, 6.07) is 4.10. The number of hydrogen-bond acceptors (Lipinski definition) is 5. The second kappa shape index (κ2) is 5.75. The fourth-order valence-electron chi connectivity index (χ4n) is 3.48. The molecule has 1 aliphatic heterocycles. The molecule has 3 N–H and O–H groups in total. The fourth-order valence-corrected chi connectivity index (χ4v) is 6.36. The lowest BCUT2D eigenvalue weighted by Gasteiger charge is -2.49. The summed E-state index contributed by atoms with van der Waals surface area (Å²) in [5, 5.41) is 20.7. The Labute approximate surface area is 152 Å². The number of carboxylic acid groups (broad SMARTS) is 1. The lowest BCUT2D eigenvalue weighted by Crippen LogP contribution is -2.67. The average molecular weight is 435 g/mol. The number of aliphatic hydroxyl groups is 1. The van der Waals surface area contributed by atoms with Gasteiger partial charge in [-0.1, -0.05) is 15.9 Å². The van der Waals surface area contributed by atoms with Crippen LogP contribution in [0.3, 0.4) is 0 Å². The van der Waals surface area contributed by atoms with E-state index in [-0.39, 0.29) is 24.2 Å². The molecular weight excluding hydrogens is 419 g/mol. The van der Waals surface area contributed by atoms with E-state index < -0.39 is 43.9 Å². The Morgan fingerprint density at radius 2 is 2.08 bits per heavy atom. The lowest BCUT2D eigenvalue weighted by molar-refractivity contribution is 0.0775. The maximum absolute atomic E-state index is 14.3. The summed E-state index contributed by atoms with van der Waals surface area (Å²) in [6.07, 6.45) is -2.58. The number of aliphatic hydroxyl groups excluding tert-OH is 1. The van der Waals surface area contributed by atoms with E-state index >= 15 is 0 Å². The minimum absolute atomic E-state index is 0.0462. The number of rotatable bonds is 1. The normalized spacial score (nSPS) is 33.4. The van der Waals surface area contributed by atoms with Gasteiger partial charge in [0, 0.05) is 22.9 Å². The number of nitrogens with one attached hydrogen (secondary N) is 1. The maximum Gasteiger partial charge on any atom is 0.410 e. The Morgan fingerprint density at radius 3 is 2.64 bits per heavy atom. The van der Waals surface area contributed by atoms with E-state index in [9.17, 15) is 22.7 Å². The summed E-state index contributed by atoms with van der Waals surface area (Å²) >= 11 is 3.22. The number of hydrogen-bond donors (Lipinski definition) is 3. The minimum atomic E-state index is -3.90. The van der Waals surface area contributed by atoms with Crippen molar-refractivity contribution in [3.05, 3.63) is 34.1 Å². The summed E-state index contributed by atoms with van der Waals surface area (Å²) in [5.41, 5.74) is -1.44. The molecule has 1 atom stereocenters. The predicted octanol–water partition coefficient (Wildman–Crippen LogP) is 1.79. The molecule has 0 bridgehead atoms. The molecule has 1 heterocycles. The Balaban J connectivity index is 2.19. The van der Waals surface area contributed by atoms with Gasteiger partial charge in [-0.2, -0.15) is 0 Å². The SMILES string of the molecule is C[C@@]1(c2cc(Br)ccc2F)CS(=O)(=O)[C@]2(C[C@H](O)C2)C(NC(=O)O)=N1. The van der Waals surface area contributed by atoms with Crippen molar-refractivity contribution in [2.75, 3.05) is 5.75 Å². The van der Waals surface area contributed by atoms with Crippen LogP contribution in [-0.4, -0.2) is 47.2 Å². The van der Waals surface area contributed by atoms with Crippen LogP contribution in [0.5, 0.6) is 0 Å². The third kappa shape index (κ3) is 2.85. The summed E-state index contributed by atoms with van der Waals surface area (Å²) in [7, 11) is -3.90. The highest BCUT2D eigenvalue weighted by molar-refractivity contribution is 9.10. The first-order valence-corrected chi connectivity index (χ1v) is 9.90. The first kappa shape index (κ1) is 18.3. The van der Waals surface area contributed by atoms with Crippen LogP contribution in [0.25, 0.3) is 0 Å². The largest absolute Gasteiger partial charge is 0.465 e. The van der Waals surface area contributed by atoms with Crippen LogP contribution in [0.2, 0.25) is 0 Å². The second-order valence-corrected chi connectivity index (χ2v) is 9.82. The third-order valence-electron chi connectivity index (χ3n) is 4.72. The van der Waals surface area contributed by atoms with Crippen molar-refractivity contribution in [2.45, 2.75) is 36.2 Å². The summed E-state index contributed by atoms with van der Waals surface area (Å²) < 4.78 is 39.2. The van der Waals surface area contributed by atoms with Crippen molar-refractivity contribution in [2.24, 2.45) is 4.99 Å². The lowest BCUT2D eigenvalue weighted by atomic mass is 9.79. The molecule has 136 valence electrons. The number of aliphatic imine (C=N–C) groups is 1. The molecule has 25 heavy (non-hydrogen) atoms. The van der Waals surface area contributed by atoms with Crippen molar-refractivity contribution in [3.63, 3.8) is 0 Å². The third-order valence-corrected chi connectivity index (χ3v) is 7.87. The van der Waals surface area contributed by atoms with Gasteiger partial charge in [0.1, 0.15) is 21.9 Å². The minimum Gasteiger partial charge on any atom is -0.465 e. The predicted molar refractivity (Wildman–Crippen MR) is 91.8 cm³/mol. The zero-order valence-corrected chi connectivity index (χ0v) is 15.6. The van der Waals surface area contributed by atoms with Crippen LogP contribution in [0.4, 0.5) is 9.18 Å². The van der Waals surface area contributed by atoms with E-state index in [1.807, 2.05) is 0 Å². The second-order valence-electron chi connectivity index (χ2n) is 6.60. The highest BCUT2D eigenvalue weighted by Gasteiger charge is 2.62. The van der Waals surface area contributed by atoms with Crippen molar-refractivity contribution in [1.82, 2.24) is 5.32 Å². The van der Waals surface area contributed by atoms with Crippen molar-refractivity contribution in [3.8, 4) is 0 Å². The van der Waals surface area contributed by atoms with E-state index in [4.69, 9.17) is 5.11 Å². The van der Waals surface area contributed by atoms with Gasteiger partial charge in [-0.15, -0.1) is 0 Å². The number of amides is 1. The summed E-state index contributed by atoms with van der Waals surface area (Å²) in [4.78, 5) is 15.4. The van der Waals surface area contributed by atoms with Gasteiger partial charge in [0.2, 0.25) is 0 Å². The average Bonchev–Trinajstić information content (AvgIpc) is 2.43. The zero-order valence-electron chi connectivity index (χ0n) is 13.2. The fraction of sp³-hybridized carbons (Fsp3) is 0.467. The van der Waals surface area contributed by atoms with Crippen LogP contribution < -0.4 is 5.32 Å². The molecule has 0 radical (unpaired) electrons. The molecule has 7 nitrogen and oxygen atoms in total. The van der Waals surface area contributed by atoms with Gasteiger partial charge in [-0.05, 0) is 25.1 Å². The summed E-state index contributed by atoms with van der Waals surface area (Å²) in [6.45, 7) is 1.45. The molecule has 1 amide bonds. The topological polar surface area (TPSA) is 116 Å². The van der Waals surface area contributed by atoms with E-state index in [2.05, 4.69) is 26.2 Å². The van der Waals surface area contributed by atoms with Crippen LogP contribution in [0.1, 0.15) is 25.3 Å². The van der Waals surface area contributed by atoms with E-state index in [0.717, 1.165) is 0 Å². The van der Waals surface area contributed by atoms with Crippen molar-refractivity contribution in [1.29, 1.82) is 0 Å². The Hall–Kier alpha value is -1.52. The monoisotopic (exact) mass is 434 g/mol. The van der Waals surface area contributed by atoms with E-state index in [1.165, 1.54) is 25.1 Å². The van der Waals surface area contributed by atoms with Gasteiger partial charge in [0.25, 0.3) is 0 Å². The first-order chi connectivity index (χ1) is 11.5. The van der Waals surface area contributed by atoms with Gasteiger partial charge >= 0.3 is 6.09 Å². The van der Waals surface area contributed by atoms with Gasteiger partial charge in [0.15, 0.2) is 9.84 Å². The van der Waals surface area contributed by atoms with Crippen molar-refractivity contribution < 1.29 is 27.8 Å². The highest BCUT2D eigenvalue weighted by Crippen LogP contribution is 2.48. The van der Waals surface area contributed by atoms with Gasteiger partial charge in [0.05, 0.1) is 11.9 Å². The van der Waals surface area contributed by atoms with Gasteiger partial charge < -0.3 is 10.2 Å². The molecule has 3 rings (SSSR count). The number of sulfone groups is 1. The molecule has 0 aromatic heterocycles. The van der Waals surface area contributed by atoms with E-state index in [0.29, 0.717) is 4.47 Å². The number of nitrogens with zero attached hydrogens (tertiary/aromatic N) is 1. The molecule has 1 fully saturated rings. The molecule has 1 spiro atoms. The smallest absolute Gasteiger partial charge is 0.410 e. The van der Waals surface area contributed by atoms with Crippen LogP contribution in [0.15, 0.2) is 27.7 Å². The van der Waals surface area contributed by atoms with Crippen molar-refractivity contribution >= 4 is 37.7 Å². The Kier molecular flexibility index (Phi) is 4.20. The molecule has 0 unspecified atom stereocenters. The standard InChI is InChI=1S/C15H16BrFN2O5S/c1-14(10-4-8(16)2-3-11(10)17)7-25(23,24)15(5-9(20)6-15)12(19-14)18-13(21)22/h2-4,9,20H,5-7H2,1H3,(H,18,19)(H,21,22)/t9-,14-,15-/m0/s1. The van der Waals surface area contributed by atoms with Crippen LogP contribution in [-0.2, 0) is 15.4 Å². The highest BCUT2D eigenvalue weighted by atomic mass is 79.9. The Bertz CT molecular complexity index is 882. The number of amidine groups is 1. The summed E-state index contributed by atoms with van der Waals surface area (Å²) in [5.74, 6) is -1.38. The molecular formula is C15H16BrFN2O5S. The maximum atomic E-state index is 14.3. The van der Waals surface area contributed by atoms with Crippen LogP contribution >= 0.6 is 15.9 Å². The number of carbonyl (C=O) groups is 1. The molecule has 0 saturated heterocycles. The molecule has 10 heteroatoms. The number of halogens is 2. The molecule has 1 aromatic rings. The quantitative estimate of drug-likeness (QED) is 0.622. The number of benzene rings is 1. The van der Waals surface area contributed by atoms with Crippen LogP contribution in [0, 0.1) is 5.82 Å². The molecule has 1 aromatic carbocycles. The molecule has 2 aliphatic rings. The first-order valence-electron chi connectivity index (χ1n) is 7.45. The molecule has 1 saturated carbocycles. The Morgan fingerprint density at radius 1 is 1.44 bits per heavy atom. The zero-order chi connectivity index (χ0) is 18.6.